The zero-order valence-electron chi connectivity index (χ0n) is 11.5. The highest BCUT2D eigenvalue weighted by Gasteiger charge is 2.15. The number of sulfonamides is 1. The maximum atomic E-state index is 12.1. The Hall–Kier alpha value is -1.64. The second-order valence-corrected chi connectivity index (χ2v) is 7.50. The van der Waals surface area contributed by atoms with Crippen LogP contribution in [-0.4, -0.2) is 33.7 Å². The van der Waals surface area contributed by atoms with E-state index in [1.54, 1.807) is 0 Å². The van der Waals surface area contributed by atoms with E-state index in [4.69, 9.17) is 5.73 Å². The zero-order valence-corrected chi connectivity index (χ0v) is 13.2. The van der Waals surface area contributed by atoms with E-state index < -0.39 is 10.0 Å². The molecule has 1 heterocycles. The number of thiophene rings is 1. The molecule has 4 N–H and O–H groups in total. The van der Waals surface area contributed by atoms with Gasteiger partial charge in [0.2, 0.25) is 10.0 Å². The van der Waals surface area contributed by atoms with E-state index in [9.17, 15) is 13.2 Å². The maximum Gasteiger partial charge on any atom is 0.263 e. The lowest BCUT2D eigenvalue weighted by atomic mass is 10.2. The lowest BCUT2D eigenvalue weighted by Gasteiger charge is -2.05. The Morgan fingerprint density at radius 1 is 1.29 bits per heavy atom. The van der Waals surface area contributed by atoms with Crippen molar-refractivity contribution in [2.45, 2.75) is 6.42 Å². The van der Waals surface area contributed by atoms with Gasteiger partial charge in [0.1, 0.15) is 4.88 Å². The number of nitrogens with two attached hydrogens (primary N) is 1. The number of nitrogens with one attached hydrogen (secondary N) is 2. The highest BCUT2D eigenvalue weighted by atomic mass is 32.2. The van der Waals surface area contributed by atoms with Gasteiger partial charge in [0.25, 0.3) is 5.91 Å². The van der Waals surface area contributed by atoms with Crippen LogP contribution in [0, 0.1) is 0 Å². The number of hydrogen-bond acceptors (Lipinski definition) is 5. The van der Waals surface area contributed by atoms with Crippen LogP contribution >= 0.6 is 11.3 Å². The van der Waals surface area contributed by atoms with Gasteiger partial charge in [0, 0.05) is 23.2 Å². The van der Waals surface area contributed by atoms with Crippen LogP contribution in [0.15, 0.2) is 24.3 Å². The summed E-state index contributed by atoms with van der Waals surface area (Å²) < 4.78 is 25.1. The molecule has 0 saturated carbocycles. The molecule has 1 aromatic carbocycles. The molecule has 0 saturated heterocycles. The van der Waals surface area contributed by atoms with Crippen LogP contribution in [0.3, 0.4) is 0 Å². The zero-order chi connectivity index (χ0) is 15.5. The Labute approximate surface area is 127 Å². The molecule has 0 aliphatic heterocycles. The summed E-state index contributed by atoms with van der Waals surface area (Å²) in [7, 11) is -3.18. The fraction of sp³-hybridized carbons (Fsp3) is 0.308. The molecule has 0 radical (unpaired) electrons. The first-order valence-electron chi connectivity index (χ1n) is 6.38. The monoisotopic (exact) mass is 327 g/mol. The van der Waals surface area contributed by atoms with Gasteiger partial charge in [-0.2, -0.15) is 0 Å². The molecule has 0 bridgehead atoms. The molecular formula is C13H17N3O3S2. The van der Waals surface area contributed by atoms with Crippen LogP contribution in [0.2, 0.25) is 0 Å². The van der Waals surface area contributed by atoms with Gasteiger partial charge in [0.15, 0.2) is 0 Å². The van der Waals surface area contributed by atoms with Gasteiger partial charge < -0.3 is 11.1 Å². The number of amides is 1. The van der Waals surface area contributed by atoms with Crippen molar-refractivity contribution in [2.75, 3.05) is 25.1 Å². The number of nitrogen functional groups attached to an aromatic ring is 1. The second kappa shape index (κ2) is 6.42. The summed E-state index contributed by atoms with van der Waals surface area (Å²) in [5, 5.41) is 3.62. The number of carbonyl (C=O) groups excluding carboxylic acids is 1. The molecule has 8 heteroatoms. The average molecular weight is 327 g/mol. The number of benzene rings is 1. The Kier molecular flexibility index (Phi) is 4.81. The third kappa shape index (κ3) is 4.16. The minimum atomic E-state index is -3.18. The number of hydrogen-bond donors (Lipinski definition) is 3. The minimum Gasteiger partial charge on any atom is -0.397 e. The molecular weight excluding hydrogens is 310 g/mol. The van der Waals surface area contributed by atoms with Crippen LogP contribution in [-0.2, 0) is 10.0 Å². The minimum absolute atomic E-state index is 0.229. The summed E-state index contributed by atoms with van der Waals surface area (Å²) in [6.07, 6.45) is 1.62. The largest absolute Gasteiger partial charge is 0.397 e. The molecule has 0 aliphatic rings. The number of fused-ring (bicyclic) bond motifs is 1. The van der Waals surface area contributed by atoms with E-state index in [0.717, 1.165) is 16.3 Å². The molecule has 2 aromatic rings. The van der Waals surface area contributed by atoms with Crippen LogP contribution < -0.4 is 15.8 Å². The van der Waals surface area contributed by atoms with Crippen molar-refractivity contribution >= 4 is 43.0 Å². The second-order valence-electron chi connectivity index (χ2n) is 4.62. The first-order valence-corrected chi connectivity index (χ1v) is 9.09. The Bertz CT molecular complexity index is 753. The van der Waals surface area contributed by atoms with E-state index in [1.165, 1.54) is 11.3 Å². The summed E-state index contributed by atoms with van der Waals surface area (Å²) in [4.78, 5) is 12.6. The van der Waals surface area contributed by atoms with Crippen molar-refractivity contribution in [3.63, 3.8) is 0 Å². The molecule has 2 rings (SSSR count). The third-order valence-corrected chi connectivity index (χ3v) is 4.76. The van der Waals surface area contributed by atoms with Gasteiger partial charge in [-0.1, -0.05) is 18.2 Å². The lowest BCUT2D eigenvalue weighted by Crippen LogP contribution is -2.29. The van der Waals surface area contributed by atoms with Crippen molar-refractivity contribution in [2.24, 2.45) is 0 Å². The van der Waals surface area contributed by atoms with Crippen LogP contribution in [0.4, 0.5) is 5.69 Å². The first-order chi connectivity index (χ1) is 9.88. The molecule has 1 amide bonds. The summed E-state index contributed by atoms with van der Waals surface area (Å²) in [5.74, 6) is -0.229. The molecule has 0 fully saturated rings. The van der Waals surface area contributed by atoms with E-state index in [1.807, 2.05) is 24.3 Å². The van der Waals surface area contributed by atoms with Crippen molar-refractivity contribution < 1.29 is 13.2 Å². The van der Waals surface area contributed by atoms with Gasteiger partial charge in [0.05, 0.1) is 11.9 Å². The smallest absolute Gasteiger partial charge is 0.263 e. The van der Waals surface area contributed by atoms with Crippen LogP contribution in [0.1, 0.15) is 16.1 Å². The standard InChI is InChI=1S/C13H17N3O3S2/c1-21(18,19)16-8-4-7-15-13(17)12-11(14)9-5-2-3-6-10(9)20-12/h2-3,5-6,16H,4,7-8,14H2,1H3,(H,15,17). The van der Waals surface area contributed by atoms with E-state index >= 15 is 0 Å². The van der Waals surface area contributed by atoms with Crippen LogP contribution in [0.5, 0.6) is 0 Å². The van der Waals surface area contributed by atoms with E-state index in [0.29, 0.717) is 30.1 Å². The normalized spacial score (nSPS) is 11.7. The summed E-state index contributed by atoms with van der Waals surface area (Å²) in [5.41, 5.74) is 6.47. The fourth-order valence-electron chi connectivity index (χ4n) is 1.86. The van der Waals surface area contributed by atoms with Crippen molar-refractivity contribution in [3.8, 4) is 0 Å². The Morgan fingerprint density at radius 2 is 2.00 bits per heavy atom. The summed E-state index contributed by atoms with van der Waals surface area (Å²) >= 11 is 1.35. The first kappa shape index (κ1) is 15.7. The van der Waals surface area contributed by atoms with Gasteiger partial charge in [-0.25, -0.2) is 13.1 Å². The fourth-order valence-corrected chi connectivity index (χ4v) is 3.42. The van der Waals surface area contributed by atoms with Crippen LogP contribution in [0.25, 0.3) is 10.1 Å². The number of anilines is 1. The summed E-state index contributed by atoms with van der Waals surface area (Å²) in [6.45, 7) is 0.677. The Morgan fingerprint density at radius 3 is 2.67 bits per heavy atom. The average Bonchev–Trinajstić information content (AvgIpc) is 2.75. The highest BCUT2D eigenvalue weighted by molar-refractivity contribution is 7.88. The molecule has 21 heavy (non-hydrogen) atoms. The Balaban J connectivity index is 1.92. The van der Waals surface area contributed by atoms with Gasteiger partial charge in [-0.3, -0.25) is 4.79 Å². The van der Waals surface area contributed by atoms with Crippen molar-refractivity contribution in [1.82, 2.24) is 10.0 Å². The SMILES string of the molecule is CS(=O)(=O)NCCCNC(=O)c1sc2ccccc2c1N. The summed E-state index contributed by atoms with van der Waals surface area (Å²) in [6, 6.07) is 7.58. The topological polar surface area (TPSA) is 101 Å². The number of rotatable bonds is 6. The van der Waals surface area contributed by atoms with Crippen molar-refractivity contribution in [1.29, 1.82) is 0 Å². The molecule has 0 aliphatic carbocycles. The predicted molar refractivity (Wildman–Crippen MR) is 86.0 cm³/mol. The predicted octanol–water partition coefficient (Wildman–Crippen LogP) is 1.15. The molecule has 0 spiro atoms. The third-order valence-electron chi connectivity index (χ3n) is 2.84. The molecule has 0 unspecified atom stereocenters. The number of carbonyl (C=O) groups is 1. The van der Waals surface area contributed by atoms with Gasteiger partial charge >= 0.3 is 0 Å². The molecule has 0 atom stereocenters. The molecule has 114 valence electrons. The van der Waals surface area contributed by atoms with Gasteiger partial charge in [-0.05, 0) is 12.5 Å². The van der Waals surface area contributed by atoms with Crippen molar-refractivity contribution in [3.05, 3.63) is 29.1 Å². The quantitative estimate of drug-likeness (QED) is 0.693. The molecule has 1 aromatic heterocycles. The van der Waals surface area contributed by atoms with E-state index in [-0.39, 0.29) is 5.91 Å². The highest BCUT2D eigenvalue weighted by Crippen LogP contribution is 2.33. The lowest BCUT2D eigenvalue weighted by molar-refractivity contribution is 0.0958. The maximum absolute atomic E-state index is 12.1. The molecule has 6 nitrogen and oxygen atoms in total. The van der Waals surface area contributed by atoms with Gasteiger partial charge in [-0.15, -0.1) is 11.3 Å². The van der Waals surface area contributed by atoms with E-state index in [2.05, 4.69) is 10.0 Å².